The molecule has 0 spiro atoms. The van der Waals surface area contributed by atoms with Crippen molar-refractivity contribution in [1.29, 1.82) is 0 Å². The number of amides is 1. The number of benzene rings is 1. The summed E-state index contributed by atoms with van der Waals surface area (Å²) in [7, 11) is 0. The van der Waals surface area contributed by atoms with Crippen molar-refractivity contribution in [2.24, 2.45) is 0 Å². The number of halogens is 4. The molecule has 1 saturated carbocycles. The van der Waals surface area contributed by atoms with Crippen molar-refractivity contribution in [1.82, 2.24) is 20.3 Å². The van der Waals surface area contributed by atoms with Crippen LogP contribution in [0.4, 0.5) is 13.2 Å². The van der Waals surface area contributed by atoms with Crippen LogP contribution in [0.1, 0.15) is 43.5 Å². The molecule has 0 radical (unpaired) electrons. The Kier molecular flexibility index (Phi) is 6.87. The van der Waals surface area contributed by atoms with E-state index >= 15 is 0 Å². The number of hydrogen-bond acceptors (Lipinski definition) is 6. The van der Waals surface area contributed by atoms with E-state index in [2.05, 4.69) is 20.3 Å². The maximum Gasteiger partial charge on any atom is 0.522 e. The van der Waals surface area contributed by atoms with Gasteiger partial charge in [-0.05, 0) is 49.9 Å². The first-order valence-electron chi connectivity index (χ1n) is 10.2. The van der Waals surface area contributed by atoms with Crippen LogP contribution in [0.3, 0.4) is 0 Å². The predicted octanol–water partition coefficient (Wildman–Crippen LogP) is 3.59. The third kappa shape index (κ3) is 6.11. The normalized spacial score (nSPS) is 25.8. The fourth-order valence-corrected chi connectivity index (χ4v) is 3.80. The molecule has 12 heteroatoms. The van der Waals surface area contributed by atoms with E-state index < -0.39 is 12.5 Å². The summed E-state index contributed by atoms with van der Waals surface area (Å²) in [5, 5.41) is 12.0. The molecule has 8 nitrogen and oxygen atoms in total. The van der Waals surface area contributed by atoms with Crippen molar-refractivity contribution < 1.29 is 32.2 Å². The van der Waals surface area contributed by atoms with Gasteiger partial charge in [0, 0.05) is 5.02 Å². The second-order valence-electron chi connectivity index (χ2n) is 7.81. The molecule has 2 fully saturated rings. The molecule has 2 atom stereocenters. The van der Waals surface area contributed by atoms with Crippen LogP contribution in [-0.2, 0) is 14.3 Å². The molecular weight excluding hydrogens is 453 g/mol. The van der Waals surface area contributed by atoms with Gasteiger partial charge in [0.2, 0.25) is 0 Å². The van der Waals surface area contributed by atoms with Gasteiger partial charge >= 0.3 is 6.36 Å². The van der Waals surface area contributed by atoms with Crippen molar-refractivity contribution in [3.05, 3.63) is 41.2 Å². The maximum atomic E-state index is 12.2. The standard InChI is InChI=1S/C20H22ClF3N4O4/c21-12-1-4-15(5-2-12)30-11-19(29)26-13-3-6-18(31-10-13)17-9-25-28(27-17)14-7-16(8-14)32-20(22,23)24/h1-2,4-5,9,13-14,16,18H,3,6-8,10-11H2,(H,26,29)/t13-,14?,16?,18?/m1/s1. The summed E-state index contributed by atoms with van der Waals surface area (Å²) in [6, 6.07) is 6.37. The molecule has 1 amide bonds. The second-order valence-corrected chi connectivity index (χ2v) is 8.24. The van der Waals surface area contributed by atoms with Crippen LogP contribution >= 0.6 is 11.6 Å². The molecule has 1 N–H and O–H groups in total. The molecule has 2 aliphatic rings. The number of ether oxygens (including phenoxy) is 3. The van der Waals surface area contributed by atoms with Gasteiger partial charge in [-0.25, -0.2) is 0 Å². The average molecular weight is 475 g/mol. The van der Waals surface area contributed by atoms with Crippen molar-refractivity contribution in [2.45, 2.75) is 56.3 Å². The number of alkyl halides is 3. The number of carbonyl (C=O) groups is 1. The van der Waals surface area contributed by atoms with E-state index in [4.69, 9.17) is 21.1 Å². The highest BCUT2D eigenvalue weighted by Crippen LogP contribution is 2.37. The minimum Gasteiger partial charge on any atom is -0.484 e. The Balaban J connectivity index is 1.17. The van der Waals surface area contributed by atoms with Gasteiger partial charge in [-0.1, -0.05) is 11.6 Å². The largest absolute Gasteiger partial charge is 0.522 e. The predicted molar refractivity (Wildman–Crippen MR) is 106 cm³/mol. The van der Waals surface area contributed by atoms with E-state index in [1.54, 1.807) is 30.5 Å². The highest BCUT2D eigenvalue weighted by Gasteiger charge is 2.41. The first kappa shape index (κ1) is 22.8. The van der Waals surface area contributed by atoms with E-state index in [1.165, 1.54) is 4.80 Å². The van der Waals surface area contributed by atoms with Gasteiger partial charge in [0.1, 0.15) is 17.5 Å². The van der Waals surface area contributed by atoms with Crippen molar-refractivity contribution in [2.75, 3.05) is 13.2 Å². The number of nitrogens with one attached hydrogen (secondary N) is 1. The van der Waals surface area contributed by atoms with Gasteiger partial charge in [-0.3, -0.25) is 9.53 Å². The van der Waals surface area contributed by atoms with Crippen LogP contribution in [0.2, 0.25) is 5.02 Å². The van der Waals surface area contributed by atoms with E-state index in [9.17, 15) is 18.0 Å². The van der Waals surface area contributed by atoms with Crippen LogP contribution in [0.15, 0.2) is 30.5 Å². The minimum absolute atomic E-state index is 0.115. The Morgan fingerprint density at radius 3 is 2.66 bits per heavy atom. The highest BCUT2D eigenvalue weighted by molar-refractivity contribution is 6.30. The number of nitrogens with zero attached hydrogens (tertiary/aromatic N) is 3. The number of rotatable bonds is 7. The van der Waals surface area contributed by atoms with Crippen molar-refractivity contribution in [3.63, 3.8) is 0 Å². The number of hydrogen-bond donors (Lipinski definition) is 1. The lowest BCUT2D eigenvalue weighted by molar-refractivity contribution is -0.353. The summed E-state index contributed by atoms with van der Waals surface area (Å²) in [5.41, 5.74) is 0.626. The monoisotopic (exact) mass is 474 g/mol. The fourth-order valence-electron chi connectivity index (χ4n) is 3.67. The van der Waals surface area contributed by atoms with Crippen LogP contribution < -0.4 is 10.1 Å². The summed E-state index contributed by atoms with van der Waals surface area (Å²) in [4.78, 5) is 13.5. The minimum atomic E-state index is -4.62. The van der Waals surface area contributed by atoms with Gasteiger partial charge < -0.3 is 14.8 Å². The number of aromatic nitrogens is 3. The molecule has 174 valence electrons. The zero-order chi connectivity index (χ0) is 22.7. The fraction of sp³-hybridized carbons (Fsp3) is 0.550. The Hall–Kier alpha value is -2.37. The Morgan fingerprint density at radius 2 is 2.00 bits per heavy atom. The number of carbonyl (C=O) groups excluding carboxylic acids is 1. The SMILES string of the molecule is O=C(COc1ccc(Cl)cc1)N[C@@H]1CCC(c2cnn(C3CC(OC(F)(F)F)C3)n2)OC1. The Labute approximate surface area is 187 Å². The topological polar surface area (TPSA) is 87.5 Å². The molecular formula is C20H22ClF3N4O4. The quantitative estimate of drug-likeness (QED) is 0.660. The smallest absolute Gasteiger partial charge is 0.484 e. The molecule has 1 aromatic carbocycles. The highest BCUT2D eigenvalue weighted by atomic mass is 35.5. The zero-order valence-electron chi connectivity index (χ0n) is 16.9. The van der Waals surface area contributed by atoms with E-state index in [0.29, 0.717) is 35.9 Å². The molecule has 0 bridgehead atoms. The molecule has 2 heterocycles. The zero-order valence-corrected chi connectivity index (χ0v) is 17.7. The van der Waals surface area contributed by atoms with E-state index in [1.807, 2.05) is 0 Å². The Morgan fingerprint density at radius 1 is 1.25 bits per heavy atom. The second kappa shape index (κ2) is 9.63. The van der Waals surface area contributed by atoms with Crippen LogP contribution in [0, 0.1) is 0 Å². The lowest BCUT2D eigenvalue weighted by Crippen LogP contribution is -2.43. The van der Waals surface area contributed by atoms with Gasteiger partial charge in [0.25, 0.3) is 5.91 Å². The van der Waals surface area contributed by atoms with Crippen LogP contribution in [0.5, 0.6) is 5.75 Å². The first-order valence-corrected chi connectivity index (χ1v) is 10.6. The van der Waals surface area contributed by atoms with Gasteiger partial charge in [-0.15, -0.1) is 13.2 Å². The van der Waals surface area contributed by atoms with Gasteiger partial charge in [0.15, 0.2) is 6.61 Å². The Bertz CT molecular complexity index is 910. The third-order valence-electron chi connectivity index (χ3n) is 5.38. The molecule has 1 saturated heterocycles. The van der Waals surface area contributed by atoms with Crippen LogP contribution in [0.25, 0.3) is 0 Å². The molecule has 32 heavy (non-hydrogen) atoms. The summed E-state index contributed by atoms with van der Waals surface area (Å²) >= 11 is 5.81. The maximum absolute atomic E-state index is 12.2. The molecule has 4 rings (SSSR count). The molecule has 2 aromatic rings. The lowest BCUT2D eigenvalue weighted by atomic mass is 9.90. The molecule has 1 aliphatic carbocycles. The lowest BCUT2D eigenvalue weighted by Gasteiger charge is -2.34. The average Bonchev–Trinajstić information content (AvgIpc) is 3.19. The summed E-state index contributed by atoms with van der Waals surface area (Å²) < 4.78 is 52.0. The summed E-state index contributed by atoms with van der Waals surface area (Å²) in [5.74, 6) is 0.300. The third-order valence-corrected chi connectivity index (χ3v) is 5.63. The van der Waals surface area contributed by atoms with Crippen molar-refractivity contribution >= 4 is 17.5 Å². The summed E-state index contributed by atoms with van der Waals surface area (Å²) in [6.45, 7) is 0.200. The van der Waals surface area contributed by atoms with Crippen LogP contribution in [-0.4, -0.2) is 52.6 Å². The molecule has 1 unspecified atom stereocenters. The van der Waals surface area contributed by atoms with E-state index in [0.717, 1.165) is 0 Å². The van der Waals surface area contributed by atoms with Gasteiger partial charge in [-0.2, -0.15) is 15.0 Å². The van der Waals surface area contributed by atoms with Crippen molar-refractivity contribution in [3.8, 4) is 5.75 Å². The molecule has 1 aromatic heterocycles. The summed E-state index contributed by atoms with van der Waals surface area (Å²) in [6.07, 6.45) is -2.43. The molecule has 1 aliphatic heterocycles. The van der Waals surface area contributed by atoms with Gasteiger partial charge in [0.05, 0.1) is 31.0 Å². The first-order chi connectivity index (χ1) is 15.2. The van der Waals surface area contributed by atoms with E-state index in [-0.39, 0.29) is 43.5 Å².